The summed E-state index contributed by atoms with van der Waals surface area (Å²) in [5, 5.41) is 9.92. The van der Waals surface area contributed by atoms with Crippen molar-refractivity contribution in [1.82, 2.24) is 23.9 Å². The molecule has 0 radical (unpaired) electrons. The summed E-state index contributed by atoms with van der Waals surface area (Å²) in [6.07, 6.45) is 0. The highest BCUT2D eigenvalue weighted by molar-refractivity contribution is 6.11. The van der Waals surface area contributed by atoms with E-state index in [1.807, 2.05) is 41.1 Å². The second kappa shape index (κ2) is 10.9. The van der Waals surface area contributed by atoms with Crippen molar-refractivity contribution in [1.29, 1.82) is 0 Å². The van der Waals surface area contributed by atoms with Gasteiger partial charge < -0.3 is 9.13 Å². The molecule has 0 unspecified atom stereocenters. The van der Waals surface area contributed by atoms with Crippen LogP contribution in [0.25, 0.3) is 83.4 Å². The van der Waals surface area contributed by atoms with Crippen LogP contribution in [0.4, 0.5) is 0 Å². The van der Waals surface area contributed by atoms with Crippen LogP contribution in [0.1, 0.15) is 0 Å². The van der Waals surface area contributed by atoms with Crippen LogP contribution in [0.15, 0.2) is 176 Å². The van der Waals surface area contributed by atoms with Crippen molar-refractivity contribution >= 4 is 43.6 Å². The molecule has 5 heteroatoms. The predicted octanol–water partition coefficient (Wildman–Crippen LogP) is 10.8. The van der Waals surface area contributed by atoms with Crippen molar-refractivity contribution < 1.29 is 0 Å². The molecular weight excluding hydrogens is 599 g/mol. The Hall–Kier alpha value is -6.72. The van der Waals surface area contributed by atoms with Crippen molar-refractivity contribution in [2.75, 3.05) is 0 Å². The third kappa shape index (κ3) is 4.33. The standard InChI is InChI=1S/C44H29N5/c1-3-14-30(15-4-1)44-45-43(46-49(44)32-16-5-2-6-17-32)31-26-27-42-38(28-31)37-22-9-12-25-41(37)48(42)34-19-13-18-33(29-34)47-39-23-10-7-20-35(39)36-21-8-11-24-40(36)47/h1-29H. The molecule has 0 aliphatic rings. The Bertz CT molecular complexity index is 2710. The van der Waals surface area contributed by atoms with Crippen molar-refractivity contribution in [3.63, 3.8) is 0 Å². The molecule has 0 spiro atoms. The number of hydrogen-bond donors (Lipinski definition) is 0. The topological polar surface area (TPSA) is 40.6 Å². The molecule has 0 saturated heterocycles. The number of fused-ring (bicyclic) bond motifs is 6. The van der Waals surface area contributed by atoms with E-state index in [0.717, 1.165) is 50.4 Å². The van der Waals surface area contributed by atoms with Gasteiger partial charge in [-0.25, -0.2) is 9.67 Å². The van der Waals surface area contributed by atoms with Crippen LogP contribution in [-0.4, -0.2) is 23.9 Å². The number of benzene rings is 7. The molecule has 0 N–H and O–H groups in total. The van der Waals surface area contributed by atoms with E-state index in [1.165, 1.54) is 27.2 Å². The summed E-state index contributed by atoms with van der Waals surface area (Å²) in [5.41, 5.74) is 9.89. The van der Waals surface area contributed by atoms with E-state index in [-0.39, 0.29) is 0 Å². The lowest BCUT2D eigenvalue weighted by Crippen LogP contribution is -1.99. The van der Waals surface area contributed by atoms with E-state index in [4.69, 9.17) is 10.1 Å². The second-order valence-corrected chi connectivity index (χ2v) is 12.3. The van der Waals surface area contributed by atoms with Crippen LogP contribution in [0.5, 0.6) is 0 Å². The zero-order valence-corrected chi connectivity index (χ0v) is 26.5. The van der Waals surface area contributed by atoms with Gasteiger partial charge in [-0.15, -0.1) is 5.10 Å². The highest BCUT2D eigenvalue weighted by atomic mass is 15.4. The Morgan fingerprint density at radius 2 is 0.837 bits per heavy atom. The van der Waals surface area contributed by atoms with E-state index >= 15 is 0 Å². The van der Waals surface area contributed by atoms with E-state index in [9.17, 15) is 0 Å². The third-order valence-corrected chi connectivity index (χ3v) is 9.50. The molecule has 10 aromatic rings. The van der Waals surface area contributed by atoms with Gasteiger partial charge in [0.2, 0.25) is 0 Å². The lowest BCUT2D eigenvalue weighted by atomic mass is 10.1. The van der Waals surface area contributed by atoms with Crippen molar-refractivity contribution in [3.8, 4) is 39.8 Å². The molecule has 0 amide bonds. The molecule has 3 aromatic heterocycles. The summed E-state index contributed by atoms with van der Waals surface area (Å²) in [6.45, 7) is 0. The molecule has 0 saturated carbocycles. The molecule has 0 fully saturated rings. The average Bonchev–Trinajstić information content (AvgIpc) is 3.86. The quantitative estimate of drug-likeness (QED) is 0.190. The summed E-state index contributed by atoms with van der Waals surface area (Å²) in [4.78, 5) is 5.11. The summed E-state index contributed by atoms with van der Waals surface area (Å²) in [7, 11) is 0. The van der Waals surface area contributed by atoms with Gasteiger partial charge in [-0.1, -0.05) is 109 Å². The van der Waals surface area contributed by atoms with Gasteiger partial charge in [-0.05, 0) is 66.7 Å². The number of nitrogens with zero attached hydrogens (tertiary/aromatic N) is 5. The van der Waals surface area contributed by atoms with Crippen LogP contribution in [0, 0.1) is 0 Å². The van der Waals surface area contributed by atoms with Crippen molar-refractivity contribution in [2.45, 2.75) is 0 Å². The smallest absolute Gasteiger partial charge is 0.182 e. The first-order valence-electron chi connectivity index (χ1n) is 16.5. The number of aromatic nitrogens is 5. The van der Waals surface area contributed by atoms with Gasteiger partial charge in [-0.2, -0.15) is 0 Å². The summed E-state index contributed by atoms with van der Waals surface area (Å²) in [5.74, 6) is 1.50. The minimum atomic E-state index is 0.690. The Morgan fingerprint density at radius 1 is 0.347 bits per heavy atom. The van der Waals surface area contributed by atoms with Gasteiger partial charge in [0.05, 0.1) is 27.8 Å². The van der Waals surface area contributed by atoms with Crippen LogP contribution < -0.4 is 0 Å². The molecular formula is C44H29N5. The third-order valence-electron chi connectivity index (χ3n) is 9.50. The Labute approximate surface area is 282 Å². The van der Waals surface area contributed by atoms with Crippen LogP contribution in [0.3, 0.4) is 0 Å². The van der Waals surface area contributed by atoms with Crippen molar-refractivity contribution in [3.05, 3.63) is 176 Å². The van der Waals surface area contributed by atoms with E-state index in [0.29, 0.717) is 5.82 Å². The SMILES string of the molecule is c1ccc(-c2nc(-c3ccc4c(c3)c3ccccc3n4-c3cccc(-n4c5ccccc5c5ccccc54)c3)nn2-c2ccccc2)cc1. The molecule has 0 aliphatic carbocycles. The molecule has 49 heavy (non-hydrogen) atoms. The Kier molecular flexibility index (Phi) is 6.11. The molecule has 230 valence electrons. The fourth-order valence-corrected chi connectivity index (χ4v) is 7.32. The van der Waals surface area contributed by atoms with Gasteiger partial charge in [0.1, 0.15) is 0 Å². The van der Waals surface area contributed by atoms with Gasteiger partial charge >= 0.3 is 0 Å². The normalized spacial score (nSPS) is 11.7. The number of para-hydroxylation sites is 4. The fraction of sp³-hybridized carbons (Fsp3) is 0. The largest absolute Gasteiger partial charge is 0.309 e. The maximum absolute atomic E-state index is 5.11. The first-order valence-corrected chi connectivity index (χ1v) is 16.5. The number of hydrogen-bond acceptors (Lipinski definition) is 2. The Morgan fingerprint density at radius 3 is 1.45 bits per heavy atom. The molecule has 3 heterocycles. The van der Waals surface area contributed by atoms with Gasteiger partial charge in [0.15, 0.2) is 11.6 Å². The average molecular weight is 628 g/mol. The fourth-order valence-electron chi connectivity index (χ4n) is 7.32. The highest BCUT2D eigenvalue weighted by Gasteiger charge is 2.19. The van der Waals surface area contributed by atoms with E-state index in [2.05, 4.69) is 149 Å². The van der Waals surface area contributed by atoms with Gasteiger partial charge in [0, 0.05) is 44.0 Å². The molecule has 0 bridgehead atoms. The number of rotatable bonds is 5. The maximum atomic E-state index is 5.11. The Balaban J connectivity index is 1.15. The summed E-state index contributed by atoms with van der Waals surface area (Å²) >= 11 is 0. The zero-order chi connectivity index (χ0) is 32.3. The molecule has 0 aliphatic heterocycles. The zero-order valence-electron chi connectivity index (χ0n) is 26.5. The molecule has 7 aromatic carbocycles. The highest BCUT2D eigenvalue weighted by Crippen LogP contribution is 2.37. The summed E-state index contributed by atoms with van der Waals surface area (Å²) < 4.78 is 6.69. The van der Waals surface area contributed by atoms with Gasteiger partial charge in [0.25, 0.3) is 0 Å². The molecule has 10 rings (SSSR count). The second-order valence-electron chi connectivity index (χ2n) is 12.3. The molecule has 0 atom stereocenters. The predicted molar refractivity (Wildman–Crippen MR) is 201 cm³/mol. The minimum absolute atomic E-state index is 0.690. The van der Waals surface area contributed by atoms with Crippen LogP contribution in [0.2, 0.25) is 0 Å². The van der Waals surface area contributed by atoms with E-state index < -0.39 is 0 Å². The monoisotopic (exact) mass is 627 g/mol. The maximum Gasteiger partial charge on any atom is 0.182 e. The van der Waals surface area contributed by atoms with Crippen molar-refractivity contribution in [2.24, 2.45) is 0 Å². The minimum Gasteiger partial charge on any atom is -0.309 e. The molecule has 5 nitrogen and oxygen atoms in total. The van der Waals surface area contributed by atoms with Crippen LogP contribution in [-0.2, 0) is 0 Å². The van der Waals surface area contributed by atoms with E-state index in [1.54, 1.807) is 0 Å². The van der Waals surface area contributed by atoms with Crippen LogP contribution >= 0.6 is 0 Å². The lowest BCUT2D eigenvalue weighted by Gasteiger charge is -2.13. The summed E-state index contributed by atoms with van der Waals surface area (Å²) in [6, 6.07) is 61.9. The lowest BCUT2D eigenvalue weighted by molar-refractivity contribution is 0.890. The van der Waals surface area contributed by atoms with Gasteiger partial charge in [-0.3, -0.25) is 0 Å². The first-order chi connectivity index (χ1) is 24.3. The first kappa shape index (κ1) is 27.4.